The Morgan fingerprint density at radius 2 is 2.11 bits per heavy atom. The highest BCUT2D eigenvalue weighted by molar-refractivity contribution is 6.31. The zero-order valence-corrected chi connectivity index (χ0v) is 13.2. The van der Waals surface area contributed by atoms with E-state index >= 15 is 0 Å². The first-order valence-corrected chi connectivity index (χ1v) is 7.58. The summed E-state index contributed by atoms with van der Waals surface area (Å²) in [6, 6.07) is 6.89. The van der Waals surface area contributed by atoms with Gasteiger partial charge in [-0.25, -0.2) is 0 Å². The number of hydrogen-bond donors (Lipinski definition) is 1. The molecule has 0 amide bonds. The molecular formula is C16H25ClN2. The van der Waals surface area contributed by atoms with Gasteiger partial charge in [-0.15, -0.1) is 0 Å². The molecule has 2 unspecified atom stereocenters. The van der Waals surface area contributed by atoms with Gasteiger partial charge in [-0.05, 0) is 36.0 Å². The quantitative estimate of drug-likeness (QED) is 0.849. The van der Waals surface area contributed by atoms with Crippen LogP contribution in [0.5, 0.6) is 0 Å². The van der Waals surface area contributed by atoms with Crippen LogP contribution in [-0.2, 0) is 6.54 Å². The van der Waals surface area contributed by atoms with Crippen molar-refractivity contribution >= 4 is 17.3 Å². The SMILES string of the molecule is CC(C)NCc1ccc(N(C)CC2CC2C)cc1Cl. The molecule has 1 N–H and O–H groups in total. The smallest absolute Gasteiger partial charge is 0.0471 e. The van der Waals surface area contributed by atoms with Crippen LogP contribution in [0.4, 0.5) is 5.69 Å². The predicted octanol–water partition coefficient (Wildman–Crippen LogP) is 3.93. The number of benzene rings is 1. The molecule has 106 valence electrons. The van der Waals surface area contributed by atoms with Gasteiger partial charge in [0.1, 0.15) is 0 Å². The average molecular weight is 281 g/mol. The molecule has 2 atom stereocenters. The van der Waals surface area contributed by atoms with Gasteiger partial charge < -0.3 is 10.2 Å². The maximum absolute atomic E-state index is 6.37. The van der Waals surface area contributed by atoms with E-state index in [2.05, 4.69) is 56.2 Å². The Balaban J connectivity index is 1.97. The first-order chi connectivity index (χ1) is 8.97. The van der Waals surface area contributed by atoms with Crippen LogP contribution in [0, 0.1) is 11.8 Å². The first kappa shape index (κ1) is 14.7. The van der Waals surface area contributed by atoms with Crippen molar-refractivity contribution in [1.29, 1.82) is 0 Å². The van der Waals surface area contributed by atoms with Gasteiger partial charge in [0.25, 0.3) is 0 Å². The zero-order chi connectivity index (χ0) is 14.0. The van der Waals surface area contributed by atoms with Crippen LogP contribution in [0.2, 0.25) is 5.02 Å². The van der Waals surface area contributed by atoms with Gasteiger partial charge in [0, 0.05) is 36.9 Å². The van der Waals surface area contributed by atoms with E-state index in [4.69, 9.17) is 11.6 Å². The van der Waals surface area contributed by atoms with Gasteiger partial charge >= 0.3 is 0 Å². The third-order valence-electron chi connectivity index (χ3n) is 3.96. The summed E-state index contributed by atoms with van der Waals surface area (Å²) in [5.74, 6) is 1.76. The van der Waals surface area contributed by atoms with Crippen molar-refractivity contribution in [3.8, 4) is 0 Å². The number of rotatable bonds is 6. The van der Waals surface area contributed by atoms with Crippen molar-refractivity contribution in [3.63, 3.8) is 0 Å². The lowest BCUT2D eigenvalue weighted by Gasteiger charge is -2.20. The Morgan fingerprint density at radius 1 is 1.42 bits per heavy atom. The lowest BCUT2D eigenvalue weighted by atomic mass is 10.1. The number of anilines is 1. The summed E-state index contributed by atoms with van der Waals surface area (Å²) in [7, 11) is 2.16. The molecule has 0 aromatic heterocycles. The summed E-state index contributed by atoms with van der Waals surface area (Å²) in [4.78, 5) is 2.32. The van der Waals surface area contributed by atoms with Gasteiger partial charge in [0.05, 0.1) is 0 Å². The molecule has 2 rings (SSSR count). The summed E-state index contributed by atoms with van der Waals surface area (Å²) >= 11 is 6.37. The minimum atomic E-state index is 0.481. The normalized spacial score (nSPS) is 21.8. The molecule has 0 radical (unpaired) electrons. The largest absolute Gasteiger partial charge is 0.374 e. The van der Waals surface area contributed by atoms with Crippen molar-refractivity contribution in [2.24, 2.45) is 11.8 Å². The van der Waals surface area contributed by atoms with Gasteiger partial charge in [0.15, 0.2) is 0 Å². The minimum Gasteiger partial charge on any atom is -0.374 e. The first-order valence-electron chi connectivity index (χ1n) is 7.20. The molecular weight excluding hydrogens is 256 g/mol. The van der Waals surface area contributed by atoms with E-state index in [-0.39, 0.29) is 0 Å². The standard InChI is InChI=1S/C16H25ClN2/c1-11(2)18-9-13-5-6-15(8-16(13)17)19(4)10-14-7-12(14)3/h5-6,8,11-12,14,18H,7,9-10H2,1-4H3. The van der Waals surface area contributed by atoms with Crippen LogP contribution < -0.4 is 10.2 Å². The fourth-order valence-corrected chi connectivity index (χ4v) is 2.58. The molecule has 3 heteroatoms. The van der Waals surface area contributed by atoms with E-state index in [1.165, 1.54) is 17.7 Å². The van der Waals surface area contributed by atoms with Crippen molar-refractivity contribution in [1.82, 2.24) is 5.32 Å². The molecule has 19 heavy (non-hydrogen) atoms. The van der Waals surface area contributed by atoms with Crippen LogP contribution in [0.15, 0.2) is 18.2 Å². The molecule has 0 bridgehead atoms. The Bertz CT molecular complexity index is 431. The molecule has 1 aliphatic rings. The molecule has 1 aliphatic carbocycles. The Labute approximate surface area is 122 Å². The lowest BCUT2D eigenvalue weighted by molar-refractivity contribution is 0.589. The summed E-state index contributed by atoms with van der Waals surface area (Å²) in [5.41, 5.74) is 2.39. The number of nitrogens with one attached hydrogen (secondary N) is 1. The highest BCUT2D eigenvalue weighted by atomic mass is 35.5. The monoisotopic (exact) mass is 280 g/mol. The number of halogens is 1. The van der Waals surface area contributed by atoms with Crippen LogP contribution in [0.1, 0.15) is 32.8 Å². The van der Waals surface area contributed by atoms with Crippen LogP contribution in [0.25, 0.3) is 0 Å². The molecule has 1 fully saturated rings. The average Bonchev–Trinajstić information content (AvgIpc) is 3.03. The van der Waals surface area contributed by atoms with Crippen molar-refractivity contribution < 1.29 is 0 Å². The molecule has 2 nitrogen and oxygen atoms in total. The van der Waals surface area contributed by atoms with E-state index in [0.717, 1.165) is 29.9 Å². The van der Waals surface area contributed by atoms with E-state index < -0.39 is 0 Å². The number of nitrogens with zero attached hydrogens (tertiary/aromatic N) is 1. The van der Waals surface area contributed by atoms with Crippen molar-refractivity contribution in [2.45, 2.75) is 39.8 Å². The van der Waals surface area contributed by atoms with Gasteiger partial charge in [-0.2, -0.15) is 0 Å². The topological polar surface area (TPSA) is 15.3 Å². The van der Waals surface area contributed by atoms with Gasteiger partial charge in [-0.3, -0.25) is 0 Å². The minimum absolute atomic E-state index is 0.481. The van der Waals surface area contributed by atoms with Crippen LogP contribution in [0.3, 0.4) is 0 Å². The summed E-state index contributed by atoms with van der Waals surface area (Å²) < 4.78 is 0. The molecule has 1 saturated carbocycles. The van der Waals surface area contributed by atoms with Crippen LogP contribution >= 0.6 is 11.6 Å². The third kappa shape index (κ3) is 4.12. The Hall–Kier alpha value is -0.730. The highest BCUT2D eigenvalue weighted by Gasteiger charge is 2.33. The second-order valence-electron chi connectivity index (χ2n) is 6.16. The maximum Gasteiger partial charge on any atom is 0.0471 e. The second-order valence-corrected chi connectivity index (χ2v) is 6.57. The van der Waals surface area contributed by atoms with Crippen molar-refractivity contribution in [3.05, 3.63) is 28.8 Å². The Kier molecular flexibility index (Phi) is 4.75. The lowest BCUT2D eigenvalue weighted by Crippen LogP contribution is -2.22. The third-order valence-corrected chi connectivity index (χ3v) is 4.31. The molecule has 1 aromatic carbocycles. The molecule has 0 spiro atoms. The summed E-state index contributed by atoms with van der Waals surface area (Å²) in [6.07, 6.45) is 1.37. The summed E-state index contributed by atoms with van der Waals surface area (Å²) in [5, 5.41) is 4.26. The molecule has 0 aliphatic heterocycles. The fraction of sp³-hybridized carbons (Fsp3) is 0.625. The summed E-state index contributed by atoms with van der Waals surface area (Å²) in [6.45, 7) is 8.59. The maximum atomic E-state index is 6.37. The van der Waals surface area contributed by atoms with E-state index in [1.807, 2.05) is 0 Å². The molecule has 1 aromatic rings. The zero-order valence-electron chi connectivity index (χ0n) is 12.4. The van der Waals surface area contributed by atoms with Crippen molar-refractivity contribution in [2.75, 3.05) is 18.5 Å². The van der Waals surface area contributed by atoms with Gasteiger partial charge in [-0.1, -0.05) is 38.4 Å². The Morgan fingerprint density at radius 3 is 2.63 bits per heavy atom. The fourth-order valence-electron chi connectivity index (χ4n) is 2.34. The highest BCUT2D eigenvalue weighted by Crippen LogP contribution is 2.38. The van der Waals surface area contributed by atoms with E-state index in [0.29, 0.717) is 6.04 Å². The molecule has 0 heterocycles. The van der Waals surface area contributed by atoms with E-state index in [9.17, 15) is 0 Å². The molecule has 0 saturated heterocycles. The predicted molar refractivity (Wildman–Crippen MR) is 84.0 cm³/mol. The second kappa shape index (κ2) is 6.15. The van der Waals surface area contributed by atoms with E-state index in [1.54, 1.807) is 0 Å². The number of hydrogen-bond acceptors (Lipinski definition) is 2. The van der Waals surface area contributed by atoms with Crippen LogP contribution in [-0.4, -0.2) is 19.6 Å². The van der Waals surface area contributed by atoms with Gasteiger partial charge in [0.2, 0.25) is 0 Å².